The van der Waals surface area contributed by atoms with Crippen molar-refractivity contribution < 1.29 is 4.79 Å². The topological polar surface area (TPSA) is 53.2 Å². The SMILES string of the molecule is CC1NC(Nc2ccccc2Cl)SC1C(=O)Nc1ccccc1. The maximum absolute atomic E-state index is 12.5. The maximum Gasteiger partial charge on any atom is 0.239 e. The molecule has 1 aliphatic heterocycles. The van der Waals surface area contributed by atoms with Crippen LogP contribution in [0.4, 0.5) is 11.4 Å². The fraction of sp³-hybridized carbons (Fsp3) is 0.235. The normalized spacial score (nSPS) is 23.5. The first-order chi connectivity index (χ1) is 11.1. The number of benzene rings is 2. The Morgan fingerprint density at radius 2 is 1.83 bits per heavy atom. The number of halogens is 1. The minimum Gasteiger partial charge on any atom is -0.360 e. The fourth-order valence-corrected chi connectivity index (χ4v) is 3.92. The molecule has 4 nitrogen and oxygen atoms in total. The number of thioether (sulfide) groups is 1. The molecule has 0 bridgehead atoms. The first kappa shape index (κ1) is 16.2. The third-order valence-electron chi connectivity index (χ3n) is 3.61. The highest BCUT2D eigenvalue weighted by atomic mass is 35.5. The van der Waals surface area contributed by atoms with Gasteiger partial charge >= 0.3 is 0 Å². The van der Waals surface area contributed by atoms with Crippen LogP contribution in [0.15, 0.2) is 54.6 Å². The molecule has 0 radical (unpaired) electrons. The molecule has 1 aliphatic rings. The van der Waals surface area contributed by atoms with E-state index in [9.17, 15) is 4.79 Å². The van der Waals surface area contributed by atoms with E-state index >= 15 is 0 Å². The van der Waals surface area contributed by atoms with Gasteiger partial charge in [-0.2, -0.15) is 0 Å². The van der Waals surface area contributed by atoms with Gasteiger partial charge < -0.3 is 10.6 Å². The molecule has 2 aromatic rings. The van der Waals surface area contributed by atoms with Gasteiger partial charge in [0.1, 0.15) is 10.7 Å². The van der Waals surface area contributed by atoms with Crippen molar-refractivity contribution in [2.75, 3.05) is 10.6 Å². The minimum atomic E-state index is -0.171. The lowest BCUT2D eigenvalue weighted by molar-refractivity contribution is -0.115. The molecule has 1 saturated heterocycles. The first-order valence-electron chi connectivity index (χ1n) is 7.42. The van der Waals surface area contributed by atoms with Gasteiger partial charge in [0.25, 0.3) is 0 Å². The molecule has 3 rings (SSSR count). The van der Waals surface area contributed by atoms with Gasteiger partial charge in [-0.3, -0.25) is 10.1 Å². The minimum absolute atomic E-state index is 0.00431. The third-order valence-corrected chi connectivity index (χ3v) is 5.38. The van der Waals surface area contributed by atoms with E-state index in [1.54, 1.807) is 11.8 Å². The lowest BCUT2D eigenvalue weighted by Gasteiger charge is -2.15. The van der Waals surface area contributed by atoms with Gasteiger partial charge in [0.15, 0.2) is 0 Å². The molecule has 1 amide bonds. The molecule has 3 N–H and O–H groups in total. The van der Waals surface area contributed by atoms with E-state index in [0.717, 1.165) is 11.4 Å². The summed E-state index contributed by atoms with van der Waals surface area (Å²) in [5, 5.41) is 10.2. The lowest BCUT2D eigenvalue weighted by atomic mass is 10.2. The monoisotopic (exact) mass is 347 g/mol. The highest BCUT2D eigenvalue weighted by molar-refractivity contribution is 8.01. The van der Waals surface area contributed by atoms with Crippen LogP contribution in [-0.4, -0.2) is 22.7 Å². The van der Waals surface area contributed by atoms with Crippen LogP contribution in [0.25, 0.3) is 0 Å². The molecule has 2 aromatic carbocycles. The number of amides is 1. The standard InChI is InChI=1S/C17H18ClN3OS/c1-11-15(16(22)20-12-7-3-2-4-8-12)23-17(19-11)21-14-10-6-5-9-13(14)18/h2-11,15,17,19,21H,1H3,(H,20,22). The van der Waals surface area contributed by atoms with E-state index in [2.05, 4.69) is 16.0 Å². The predicted octanol–water partition coefficient (Wildman–Crippen LogP) is 3.77. The molecule has 0 aromatic heterocycles. The Kier molecular flexibility index (Phi) is 5.10. The van der Waals surface area contributed by atoms with Crippen molar-refractivity contribution in [1.82, 2.24) is 5.32 Å². The van der Waals surface area contributed by atoms with Gasteiger partial charge in [-0.15, -0.1) is 11.8 Å². The Labute approximate surface area is 145 Å². The lowest BCUT2D eigenvalue weighted by Crippen LogP contribution is -2.38. The van der Waals surface area contributed by atoms with Crippen LogP contribution in [0.3, 0.4) is 0 Å². The molecule has 0 spiro atoms. The molecular formula is C17H18ClN3OS. The molecule has 0 aliphatic carbocycles. The van der Waals surface area contributed by atoms with Crippen LogP contribution in [-0.2, 0) is 4.79 Å². The van der Waals surface area contributed by atoms with Gasteiger partial charge in [0, 0.05) is 11.7 Å². The summed E-state index contributed by atoms with van der Waals surface area (Å²) in [5.74, 6) is 0.00431. The number of anilines is 2. The summed E-state index contributed by atoms with van der Waals surface area (Å²) in [4.78, 5) is 12.5. The second-order valence-electron chi connectivity index (χ2n) is 5.37. The summed E-state index contributed by atoms with van der Waals surface area (Å²) in [6, 6.07) is 17.1. The molecule has 120 valence electrons. The number of hydrogen-bond acceptors (Lipinski definition) is 4. The average molecular weight is 348 g/mol. The van der Waals surface area contributed by atoms with Gasteiger partial charge in [0.05, 0.1) is 10.7 Å². The first-order valence-corrected chi connectivity index (χ1v) is 8.74. The van der Waals surface area contributed by atoms with Crippen molar-refractivity contribution in [1.29, 1.82) is 0 Å². The Bertz CT molecular complexity index is 683. The molecule has 3 unspecified atom stereocenters. The largest absolute Gasteiger partial charge is 0.360 e. The zero-order valence-electron chi connectivity index (χ0n) is 12.6. The zero-order valence-corrected chi connectivity index (χ0v) is 14.2. The second kappa shape index (κ2) is 7.25. The van der Waals surface area contributed by atoms with E-state index in [4.69, 9.17) is 11.6 Å². The highest BCUT2D eigenvalue weighted by Crippen LogP contribution is 2.31. The van der Waals surface area contributed by atoms with Crippen LogP contribution in [0.2, 0.25) is 5.02 Å². The van der Waals surface area contributed by atoms with Crippen molar-refractivity contribution in [3.8, 4) is 0 Å². The Morgan fingerprint density at radius 3 is 2.57 bits per heavy atom. The number of nitrogens with one attached hydrogen (secondary N) is 3. The third kappa shape index (κ3) is 3.99. The highest BCUT2D eigenvalue weighted by Gasteiger charge is 2.36. The van der Waals surface area contributed by atoms with Crippen molar-refractivity contribution in [2.45, 2.75) is 23.7 Å². The summed E-state index contributed by atoms with van der Waals surface area (Å²) in [7, 11) is 0. The van der Waals surface area contributed by atoms with Crippen LogP contribution in [0, 0.1) is 0 Å². The van der Waals surface area contributed by atoms with E-state index < -0.39 is 0 Å². The zero-order chi connectivity index (χ0) is 16.2. The van der Waals surface area contributed by atoms with E-state index in [1.165, 1.54) is 0 Å². The quantitative estimate of drug-likeness (QED) is 0.788. The Hall–Kier alpha value is -1.69. The van der Waals surface area contributed by atoms with Crippen LogP contribution >= 0.6 is 23.4 Å². The van der Waals surface area contributed by atoms with Crippen LogP contribution in [0.1, 0.15) is 6.92 Å². The summed E-state index contributed by atoms with van der Waals surface area (Å²) >= 11 is 7.72. The predicted molar refractivity (Wildman–Crippen MR) is 97.9 cm³/mol. The van der Waals surface area contributed by atoms with Gasteiger partial charge in [-0.25, -0.2) is 0 Å². The summed E-state index contributed by atoms with van der Waals surface area (Å²) in [6.45, 7) is 2.01. The van der Waals surface area contributed by atoms with E-state index in [-0.39, 0.29) is 22.7 Å². The smallest absolute Gasteiger partial charge is 0.239 e. The van der Waals surface area contributed by atoms with Crippen molar-refractivity contribution in [2.24, 2.45) is 0 Å². The summed E-state index contributed by atoms with van der Waals surface area (Å²) in [6.07, 6.45) is 0. The molecule has 6 heteroatoms. The summed E-state index contributed by atoms with van der Waals surface area (Å²) in [5.41, 5.74) is 1.61. The Morgan fingerprint density at radius 1 is 1.13 bits per heavy atom. The summed E-state index contributed by atoms with van der Waals surface area (Å²) < 4.78 is 0. The number of hydrogen-bond donors (Lipinski definition) is 3. The number of carbonyl (C=O) groups excluding carboxylic acids is 1. The molecule has 23 heavy (non-hydrogen) atoms. The van der Waals surface area contributed by atoms with Gasteiger partial charge in [-0.1, -0.05) is 41.9 Å². The molecule has 0 saturated carbocycles. The molecule has 1 fully saturated rings. The van der Waals surface area contributed by atoms with Crippen molar-refractivity contribution in [3.05, 3.63) is 59.6 Å². The number of rotatable bonds is 4. The second-order valence-corrected chi connectivity index (χ2v) is 7.03. The molecular weight excluding hydrogens is 330 g/mol. The van der Waals surface area contributed by atoms with E-state index in [0.29, 0.717) is 5.02 Å². The van der Waals surface area contributed by atoms with Crippen LogP contribution < -0.4 is 16.0 Å². The number of carbonyl (C=O) groups is 1. The van der Waals surface area contributed by atoms with E-state index in [1.807, 2.05) is 61.5 Å². The Balaban J connectivity index is 1.62. The van der Waals surface area contributed by atoms with Gasteiger partial charge in [-0.05, 0) is 31.2 Å². The molecule has 1 heterocycles. The fourth-order valence-electron chi connectivity index (χ4n) is 2.45. The number of para-hydroxylation sites is 2. The van der Waals surface area contributed by atoms with Crippen molar-refractivity contribution in [3.63, 3.8) is 0 Å². The maximum atomic E-state index is 12.5. The average Bonchev–Trinajstić information content (AvgIpc) is 2.91. The van der Waals surface area contributed by atoms with Crippen molar-refractivity contribution >= 4 is 40.6 Å². The van der Waals surface area contributed by atoms with Crippen LogP contribution in [0.5, 0.6) is 0 Å². The van der Waals surface area contributed by atoms with Gasteiger partial charge in [0.2, 0.25) is 5.91 Å². The molecule has 3 atom stereocenters.